The van der Waals surface area contributed by atoms with Gasteiger partial charge in [-0.05, 0) is 25.0 Å². The van der Waals surface area contributed by atoms with Crippen LogP contribution in [0.3, 0.4) is 0 Å². The van der Waals surface area contributed by atoms with Crippen molar-refractivity contribution in [1.82, 2.24) is 4.72 Å². The van der Waals surface area contributed by atoms with E-state index in [1.165, 1.54) is 12.1 Å². The molecule has 1 aliphatic carbocycles. The second-order valence-electron chi connectivity index (χ2n) is 5.02. The minimum absolute atomic E-state index is 0.0284. The van der Waals surface area contributed by atoms with E-state index < -0.39 is 15.6 Å². The number of anilines is 1. The van der Waals surface area contributed by atoms with Gasteiger partial charge in [0, 0.05) is 0 Å². The van der Waals surface area contributed by atoms with Gasteiger partial charge in [0.25, 0.3) is 0 Å². The summed E-state index contributed by atoms with van der Waals surface area (Å²) < 4.78 is 27.4. The van der Waals surface area contributed by atoms with E-state index in [9.17, 15) is 13.5 Å². The number of benzene rings is 1. The number of nitrogen functional groups attached to an aromatic ring is 1. The van der Waals surface area contributed by atoms with Crippen molar-refractivity contribution in [3.63, 3.8) is 0 Å². The molecule has 112 valence electrons. The first-order valence-electron chi connectivity index (χ1n) is 6.20. The van der Waals surface area contributed by atoms with Crippen molar-refractivity contribution in [2.45, 2.75) is 36.1 Å². The zero-order chi connectivity index (χ0) is 15.0. The van der Waals surface area contributed by atoms with E-state index >= 15 is 0 Å². The first-order valence-corrected chi connectivity index (χ1v) is 8.43. The van der Waals surface area contributed by atoms with Crippen LogP contribution in [0.2, 0.25) is 10.0 Å². The number of nitrogens with two attached hydrogens (primary N) is 1. The smallest absolute Gasteiger partial charge is 0.242 e. The van der Waals surface area contributed by atoms with Crippen molar-refractivity contribution in [1.29, 1.82) is 0 Å². The zero-order valence-electron chi connectivity index (χ0n) is 10.7. The highest BCUT2D eigenvalue weighted by atomic mass is 35.5. The fourth-order valence-electron chi connectivity index (χ4n) is 2.44. The summed E-state index contributed by atoms with van der Waals surface area (Å²) in [5, 5.41) is 9.59. The molecule has 0 aliphatic heterocycles. The molecule has 0 bridgehead atoms. The standard InChI is InChI=1S/C12H16Cl2N2O3S/c13-8-3-4-9(10(14)11(8)15)20(18,19)16-12(7-17)5-1-2-6-12/h3-4,16-17H,1-2,5-7,15H2. The van der Waals surface area contributed by atoms with E-state index in [1.54, 1.807) is 0 Å². The molecule has 0 aromatic heterocycles. The zero-order valence-corrected chi connectivity index (χ0v) is 13.0. The van der Waals surface area contributed by atoms with Crippen LogP contribution in [-0.4, -0.2) is 25.7 Å². The fourth-order valence-corrected chi connectivity index (χ4v) is 4.66. The second kappa shape index (κ2) is 5.69. The van der Waals surface area contributed by atoms with Gasteiger partial charge in [-0.15, -0.1) is 0 Å². The topological polar surface area (TPSA) is 92.4 Å². The minimum atomic E-state index is -3.86. The maximum Gasteiger partial charge on any atom is 0.242 e. The van der Waals surface area contributed by atoms with Gasteiger partial charge >= 0.3 is 0 Å². The van der Waals surface area contributed by atoms with Crippen LogP contribution in [0.25, 0.3) is 0 Å². The SMILES string of the molecule is Nc1c(Cl)ccc(S(=O)(=O)NC2(CO)CCCC2)c1Cl. The number of aliphatic hydroxyl groups excluding tert-OH is 1. The van der Waals surface area contributed by atoms with Crippen LogP contribution in [0.5, 0.6) is 0 Å². The summed E-state index contributed by atoms with van der Waals surface area (Å²) in [6.45, 7) is -0.243. The average Bonchev–Trinajstić information content (AvgIpc) is 2.84. The van der Waals surface area contributed by atoms with E-state index in [0.717, 1.165) is 12.8 Å². The van der Waals surface area contributed by atoms with Crippen molar-refractivity contribution >= 4 is 38.9 Å². The van der Waals surface area contributed by atoms with E-state index in [0.29, 0.717) is 12.8 Å². The Hall–Kier alpha value is -0.530. The van der Waals surface area contributed by atoms with Crippen molar-refractivity contribution in [2.75, 3.05) is 12.3 Å². The lowest BCUT2D eigenvalue weighted by Gasteiger charge is -2.27. The highest BCUT2D eigenvalue weighted by Gasteiger charge is 2.38. The summed E-state index contributed by atoms with van der Waals surface area (Å²) in [5.74, 6) is 0. The van der Waals surface area contributed by atoms with Crippen LogP contribution in [-0.2, 0) is 10.0 Å². The molecule has 1 saturated carbocycles. The van der Waals surface area contributed by atoms with Gasteiger partial charge in [-0.25, -0.2) is 13.1 Å². The summed E-state index contributed by atoms with van der Waals surface area (Å²) in [6.07, 6.45) is 2.95. The Morgan fingerprint density at radius 3 is 2.45 bits per heavy atom. The highest BCUT2D eigenvalue weighted by Crippen LogP contribution is 2.35. The van der Waals surface area contributed by atoms with Crippen LogP contribution in [0, 0.1) is 0 Å². The Balaban J connectivity index is 2.38. The number of hydrogen-bond donors (Lipinski definition) is 3. The summed E-state index contributed by atoms with van der Waals surface area (Å²) >= 11 is 11.8. The minimum Gasteiger partial charge on any atom is -0.396 e. The molecule has 5 nitrogen and oxygen atoms in total. The Bertz CT molecular complexity index is 613. The Morgan fingerprint density at radius 2 is 1.90 bits per heavy atom. The van der Waals surface area contributed by atoms with Gasteiger partial charge < -0.3 is 10.8 Å². The number of halogens is 2. The predicted octanol–water partition coefficient (Wildman–Crippen LogP) is 2.16. The van der Waals surface area contributed by atoms with E-state index in [1.807, 2.05) is 0 Å². The monoisotopic (exact) mass is 338 g/mol. The summed E-state index contributed by atoms with van der Waals surface area (Å²) in [5.41, 5.74) is 4.87. The molecule has 0 unspecified atom stereocenters. The Morgan fingerprint density at radius 1 is 1.30 bits per heavy atom. The van der Waals surface area contributed by atoms with Crippen LogP contribution >= 0.6 is 23.2 Å². The number of sulfonamides is 1. The van der Waals surface area contributed by atoms with E-state index in [2.05, 4.69) is 4.72 Å². The van der Waals surface area contributed by atoms with Gasteiger partial charge in [0.1, 0.15) is 4.90 Å². The van der Waals surface area contributed by atoms with E-state index in [-0.39, 0.29) is 27.2 Å². The molecule has 20 heavy (non-hydrogen) atoms. The lowest BCUT2D eigenvalue weighted by molar-refractivity contribution is 0.185. The first-order chi connectivity index (χ1) is 9.31. The lowest BCUT2D eigenvalue weighted by atomic mass is 10.0. The summed E-state index contributed by atoms with van der Waals surface area (Å²) in [7, 11) is -3.86. The van der Waals surface area contributed by atoms with Crippen LogP contribution < -0.4 is 10.5 Å². The van der Waals surface area contributed by atoms with Crippen LogP contribution in [0.4, 0.5) is 5.69 Å². The van der Waals surface area contributed by atoms with Crippen LogP contribution in [0.1, 0.15) is 25.7 Å². The third-order valence-corrected chi connectivity index (χ3v) is 6.06. The highest BCUT2D eigenvalue weighted by molar-refractivity contribution is 7.89. The molecule has 1 aliphatic rings. The largest absolute Gasteiger partial charge is 0.396 e. The molecular formula is C12H16Cl2N2O3S. The molecule has 1 aromatic carbocycles. The second-order valence-corrected chi connectivity index (χ2v) is 7.46. The molecule has 0 amide bonds. The third kappa shape index (κ3) is 2.89. The van der Waals surface area contributed by atoms with Gasteiger partial charge in [-0.1, -0.05) is 36.0 Å². The van der Waals surface area contributed by atoms with Gasteiger partial charge in [0.05, 0.1) is 27.9 Å². The maximum absolute atomic E-state index is 12.4. The van der Waals surface area contributed by atoms with Gasteiger partial charge in [-0.2, -0.15) is 0 Å². The maximum atomic E-state index is 12.4. The molecule has 0 heterocycles. The number of aliphatic hydroxyl groups is 1. The molecule has 8 heteroatoms. The normalized spacial score (nSPS) is 18.4. The number of hydrogen-bond acceptors (Lipinski definition) is 4. The van der Waals surface area contributed by atoms with Crippen molar-refractivity contribution < 1.29 is 13.5 Å². The van der Waals surface area contributed by atoms with Crippen LogP contribution in [0.15, 0.2) is 17.0 Å². The van der Waals surface area contributed by atoms with Gasteiger partial charge in [0.15, 0.2) is 0 Å². The number of rotatable bonds is 4. The Kier molecular flexibility index (Phi) is 4.51. The molecule has 4 N–H and O–H groups in total. The van der Waals surface area contributed by atoms with Gasteiger partial charge in [-0.3, -0.25) is 0 Å². The van der Waals surface area contributed by atoms with Crippen molar-refractivity contribution in [3.05, 3.63) is 22.2 Å². The third-order valence-electron chi connectivity index (χ3n) is 3.59. The van der Waals surface area contributed by atoms with Gasteiger partial charge in [0.2, 0.25) is 10.0 Å². The lowest BCUT2D eigenvalue weighted by Crippen LogP contribution is -2.49. The first kappa shape index (κ1) is 15.9. The molecule has 2 rings (SSSR count). The van der Waals surface area contributed by atoms with E-state index in [4.69, 9.17) is 28.9 Å². The molecule has 0 saturated heterocycles. The van der Waals surface area contributed by atoms with Crippen molar-refractivity contribution in [2.24, 2.45) is 0 Å². The average molecular weight is 339 g/mol. The summed E-state index contributed by atoms with van der Waals surface area (Å²) in [4.78, 5) is -0.124. The Labute approximate surface area is 128 Å². The molecule has 1 fully saturated rings. The number of nitrogens with one attached hydrogen (secondary N) is 1. The summed E-state index contributed by atoms with van der Waals surface area (Å²) in [6, 6.07) is 2.70. The molecular weight excluding hydrogens is 323 g/mol. The quantitative estimate of drug-likeness (QED) is 0.733. The fraction of sp³-hybridized carbons (Fsp3) is 0.500. The molecule has 1 aromatic rings. The van der Waals surface area contributed by atoms with Crippen molar-refractivity contribution in [3.8, 4) is 0 Å². The molecule has 0 spiro atoms. The molecule has 0 atom stereocenters. The molecule has 0 radical (unpaired) electrons. The predicted molar refractivity (Wildman–Crippen MR) is 79.5 cm³/mol.